The third-order valence-electron chi connectivity index (χ3n) is 7.94. The second-order valence-electron chi connectivity index (χ2n) is 11.1. The average molecular weight is 668 g/mol. The van der Waals surface area contributed by atoms with Crippen molar-refractivity contribution in [2.45, 2.75) is 54.0 Å². The van der Waals surface area contributed by atoms with E-state index in [1.807, 2.05) is 0 Å². The topological polar surface area (TPSA) is 155 Å². The number of piperazine rings is 1. The van der Waals surface area contributed by atoms with Gasteiger partial charge in [-0.05, 0) is 66.9 Å². The van der Waals surface area contributed by atoms with Crippen LogP contribution in [-0.2, 0) is 29.6 Å². The predicted octanol–water partition coefficient (Wildman–Crippen LogP) is 2.73. The number of carbonyl (C=O) groups excluding carboxylic acids is 2. The van der Waals surface area contributed by atoms with Gasteiger partial charge in [-0.1, -0.05) is 55.7 Å². The van der Waals surface area contributed by atoms with Gasteiger partial charge in [-0.3, -0.25) is 9.59 Å². The van der Waals surface area contributed by atoms with E-state index in [-0.39, 0.29) is 41.4 Å². The highest BCUT2D eigenvalue weighted by molar-refractivity contribution is 7.89. The van der Waals surface area contributed by atoms with Crippen molar-refractivity contribution in [2.75, 3.05) is 26.2 Å². The Morgan fingerprint density at radius 3 is 2.04 bits per heavy atom. The molecule has 0 unspecified atom stereocenters. The fraction of sp³-hybridized carbons (Fsp3) is 0.344. The SMILES string of the molecule is O=C(COc1ccc(/C=N\NC(=O)[C@@H]2CN(S(=O)(=O)c3ccccc3)CCN2S(=O)(=O)c2ccccc2)cc1)NC1CCCCC1. The minimum absolute atomic E-state index is 0.00977. The number of hydrogen-bond donors (Lipinski definition) is 2. The Morgan fingerprint density at radius 1 is 0.804 bits per heavy atom. The van der Waals surface area contributed by atoms with E-state index in [9.17, 15) is 26.4 Å². The van der Waals surface area contributed by atoms with E-state index in [4.69, 9.17) is 4.74 Å². The summed E-state index contributed by atoms with van der Waals surface area (Å²) < 4.78 is 61.5. The van der Waals surface area contributed by atoms with Crippen molar-refractivity contribution in [1.29, 1.82) is 0 Å². The average Bonchev–Trinajstić information content (AvgIpc) is 3.09. The molecule has 0 aromatic heterocycles. The van der Waals surface area contributed by atoms with Crippen LogP contribution in [0.25, 0.3) is 0 Å². The number of ether oxygens (including phenoxy) is 1. The van der Waals surface area contributed by atoms with E-state index in [0.29, 0.717) is 11.3 Å². The largest absolute Gasteiger partial charge is 0.484 e. The summed E-state index contributed by atoms with van der Waals surface area (Å²) in [6, 6.07) is 21.0. The molecule has 5 rings (SSSR count). The number of rotatable bonds is 11. The van der Waals surface area contributed by atoms with Crippen molar-refractivity contribution in [3.8, 4) is 5.75 Å². The lowest BCUT2D eigenvalue weighted by molar-refractivity contribution is -0.126. The maximum atomic E-state index is 13.6. The Morgan fingerprint density at radius 2 is 1.41 bits per heavy atom. The first-order valence-electron chi connectivity index (χ1n) is 15.1. The second kappa shape index (κ2) is 15.0. The molecule has 1 saturated carbocycles. The molecule has 14 heteroatoms. The smallest absolute Gasteiger partial charge is 0.259 e. The molecule has 1 aliphatic carbocycles. The molecule has 2 aliphatic rings. The molecule has 2 N–H and O–H groups in total. The van der Waals surface area contributed by atoms with Gasteiger partial charge < -0.3 is 10.1 Å². The maximum Gasteiger partial charge on any atom is 0.259 e. The number of amides is 2. The van der Waals surface area contributed by atoms with Crippen LogP contribution >= 0.6 is 0 Å². The number of benzene rings is 3. The van der Waals surface area contributed by atoms with Crippen LogP contribution in [0.4, 0.5) is 0 Å². The van der Waals surface area contributed by atoms with Gasteiger partial charge in [0, 0.05) is 25.7 Å². The Bertz CT molecular complexity index is 1730. The first kappa shape index (κ1) is 33.3. The van der Waals surface area contributed by atoms with Gasteiger partial charge in [-0.25, -0.2) is 22.3 Å². The zero-order chi connectivity index (χ0) is 32.6. The molecule has 0 radical (unpaired) electrons. The van der Waals surface area contributed by atoms with Crippen LogP contribution < -0.4 is 15.5 Å². The summed E-state index contributed by atoms with van der Waals surface area (Å²) in [5.41, 5.74) is 2.98. The van der Waals surface area contributed by atoms with E-state index in [1.165, 1.54) is 36.9 Å². The number of hydrazone groups is 1. The Balaban J connectivity index is 1.24. The summed E-state index contributed by atoms with van der Waals surface area (Å²) in [6.45, 7) is -0.857. The molecule has 1 heterocycles. The normalized spacial score (nSPS) is 18.7. The molecule has 1 saturated heterocycles. The van der Waals surface area contributed by atoms with Crippen LogP contribution in [0.3, 0.4) is 0 Å². The van der Waals surface area contributed by atoms with Crippen molar-refractivity contribution in [3.63, 3.8) is 0 Å². The summed E-state index contributed by atoms with van der Waals surface area (Å²) in [6.07, 6.45) is 6.79. The third kappa shape index (κ3) is 8.18. The van der Waals surface area contributed by atoms with Crippen molar-refractivity contribution in [2.24, 2.45) is 5.10 Å². The van der Waals surface area contributed by atoms with Crippen molar-refractivity contribution < 1.29 is 31.2 Å². The molecule has 1 aliphatic heterocycles. The summed E-state index contributed by atoms with van der Waals surface area (Å²) >= 11 is 0. The molecule has 46 heavy (non-hydrogen) atoms. The van der Waals surface area contributed by atoms with Gasteiger partial charge in [0.1, 0.15) is 11.8 Å². The Kier molecular flexibility index (Phi) is 10.8. The fourth-order valence-corrected chi connectivity index (χ4v) is 8.54. The summed E-state index contributed by atoms with van der Waals surface area (Å²) in [4.78, 5) is 25.7. The number of sulfonamides is 2. The zero-order valence-electron chi connectivity index (χ0n) is 25.2. The monoisotopic (exact) mass is 667 g/mol. The summed E-state index contributed by atoms with van der Waals surface area (Å²) in [7, 11) is -8.13. The second-order valence-corrected chi connectivity index (χ2v) is 14.9. The van der Waals surface area contributed by atoms with E-state index in [2.05, 4.69) is 15.8 Å². The van der Waals surface area contributed by atoms with Gasteiger partial charge in [-0.15, -0.1) is 0 Å². The number of nitrogens with zero attached hydrogens (tertiary/aromatic N) is 3. The first-order valence-corrected chi connectivity index (χ1v) is 18.0. The lowest BCUT2D eigenvalue weighted by Crippen LogP contribution is -2.60. The van der Waals surface area contributed by atoms with Crippen molar-refractivity contribution >= 4 is 38.1 Å². The van der Waals surface area contributed by atoms with E-state index < -0.39 is 38.5 Å². The summed E-state index contributed by atoms with van der Waals surface area (Å²) in [5, 5.41) is 7.01. The number of carbonyl (C=O) groups is 2. The van der Waals surface area contributed by atoms with Crippen LogP contribution in [0, 0.1) is 0 Å². The van der Waals surface area contributed by atoms with Gasteiger partial charge >= 0.3 is 0 Å². The van der Waals surface area contributed by atoms with Crippen LogP contribution in [0.1, 0.15) is 37.7 Å². The Hall–Kier alpha value is -4.11. The molecule has 12 nitrogen and oxygen atoms in total. The molecule has 3 aromatic rings. The molecule has 2 fully saturated rings. The standard InChI is InChI=1S/C32H37N5O7S2/c38-31(34-26-10-4-1-5-11-26)24-44-27-18-16-25(17-19-27)22-33-35-32(39)30-23-36(45(40,41)28-12-6-2-7-13-28)20-21-37(30)46(42,43)29-14-8-3-9-15-29/h2-3,6-9,12-19,22,26,30H,1,4-5,10-11,20-21,23-24H2,(H,34,38)(H,35,39)/b33-22-/t30-/m0/s1. The number of hydrogen-bond acceptors (Lipinski definition) is 8. The van der Waals surface area contributed by atoms with Gasteiger partial charge in [0.15, 0.2) is 6.61 Å². The highest BCUT2D eigenvalue weighted by atomic mass is 32.2. The highest BCUT2D eigenvalue weighted by Gasteiger charge is 2.43. The van der Waals surface area contributed by atoms with Gasteiger partial charge in [0.2, 0.25) is 20.0 Å². The molecular weight excluding hydrogens is 631 g/mol. The first-order chi connectivity index (χ1) is 22.1. The predicted molar refractivity (Wildman–Crippen MR) is 172 cm³/mol. The molecule has 0 bridgehead atoms. The minimum Gasteiger partial charge on any atom is -0.484 e. The molecule has 1 atom stereocenters. The van der Waals surface area contributed by atoms with Crippen LogP contribution in [0.15, 0.2) is 99.8 Å². The highest BCUT2D eigenvalue weighted by Crippen LogP contribution is 2.25. The van der Waals surface area contributed by atoms with Crippen LogP contribution in [-0.4, -0.2) is 81.8 Å². The van der Waals surface area contributed by atoms with Crippen molar-refractivity contribution in [1.82, 2.24) is 19.4 Å². The maximum absolute atomic E-state index is 13.6. The van der Waals surface area contributed by atoms with E-state index in [0.717, 1.165) is 34.3 Å². The molecule has 2 amide bonds. The fourth-order valence-electron chi connectivity index (χ4n) is 5.49. The quantitative estimate of drug-likeness (QED) is 0.236. The van der Waals surface area contributed by atoms with Gasteiger partial charge in [0.05, 0.1) is 16.0 Å². The molecular formula is C32H37N5O7S2. The van der Waals surface area contributed by atoms with Crippen molar-refractivity contribution in [3.05, 3.63) is 90.5 Å². The van der Waals surface area contributed by atoms with Crippen LogP contribution in [0.2, 0.25) is 0 Å². The zero-order valence-corrected chi connectivity index (χ0v) is 26.8. The molecule has 3 aromatic carbocycles. The molecule has 0 spiro atoms. The number of nitrogens with one attached hydrogen (secondary N) is 2. The Labute approximate surface area is 269 Å². The lowest BCUT2D eigenvalue weighted by Gasteiger charge is -2.38. The van der Waals surface area contributed by atoms with Gasteiger partial charge in [0.25, 0.3) is 11.8 Å². The third-order valence-corrected chi connectivity index (χ3v) is 11.7. The summed E-state index contributed by atoms with van der Waals surface area (Å²) in [5.74, 6) is -0.460. The van der Waals surface area contributed by atoms with E-state index in [1.54, 1.807) is 60.7 Å². The van der Waals surface area contributed by atoms with E-state index >= 15 is 0 Å². The molecule has 244 valence electrons. The lowest BCUT2D eigenvalue weighted by atomic mass is 9.95. The minimum atomic E-state index is -4.14. The van der Waals surface area contributed by atoms with Gasteiger partial charge in [-0.2, -0.15) is 13.7 Å². The van der Waals surface area contributed by atoms with Crippen LogP contribution in [0.5, 0.6) is 5.75 Å².